The van der Waals surface area contributed by atoms with Crippen LogP contribution >= 0.6 is 0 Å². The molecule has 1 aromatic heterocycles. The lowest BCUT2D eigenvalue weighted by molar-refractivity contribution is -0.118. The van der Waals surface area contributed by atoms with Gasteiger partial charge < -0.3 is 9.73 Å². The molecule has 0 spiro atoms. The van der Waals surface area contributed by atoms with Gasteiger partial charge in [-0.1, -0.05) is 6.08 Å². The van der Waals surface area contributed by atoms with Gasteiger partial charge in [-0.05, 0) is 12.1 Å². The summed E-state index contributed by atoms with van der Waals surface area (Å²) in [5, 5.41) is 2.56. The largest absolute Gasteiger partial charge is 0.468 e. The quantitative estimate of drug-likeness (QED) is 0.732. The first kappa shape index (κ1) is 11.7. The summed E-state index contributed by atoms with van der Waals surface area (Å²) in [6, 6.07) is 3.46. The highest BCUT2D eigenvalue weighted by Crippen LogP contribution is 2.03. The van der Waals surface area contributed by atoms with Crippen molar-refractivity contribution in [2.24, 2.45) is 0 Å². The highest BCUT2D eigenvalue weighted by Gasteiger charge is 2.08. The molecule has 1 amide bonds. The SMILES string of the molecule is C=CCNC(=O)CS(=O)Cc1ccco1. The Morgan fingerprint density at radius 1 is 1.67 bits per heavy atom. The van der Waals surface area contributed by atoms with E-state index in [1.165, 1.54) is 6.26 Å². The molecule has 1 N–H and O–H groups in total. The van der Waals surface area contributed by atoms with Crippen molar-refractivity contribution in [3.05, 3.63) is 36.8 Å². The number of hydrogen-bond donors (Lipinski definition) is 1. The zero-order chi connectivity index (χ0) is 11.1. The zero-order valence-electron chi connectivity index (χ0n) is 8.27. The molecule has 0 saturated carbocycles. The fraction of sp³-hybridized carbons (Fsp3) is 0.300. The number of carbonyl (C=O) groups is 1. The first-order valence-electron chi connectivity index (χ1n) is 4.47. The molecule has 0 bridgehead atoms. The number of rotatable bonds is 6. The Labute approximate surface area is 90.8 Å². The number of nitrogens with one attached hydrogen (secondary N) is 1. The Morgan fingerprint density at radius 2 is 2.47 bits per heavy atom. The first-order chi connectivity index (χ1) is 7.22. The molecule has 1 atom stereocenters. The molecule has 0 aliphatic heterocycles. The van der Waals surface area contributed by atoms with E-state index in [-0.39, 0.29) is 17.4 Å². The summed E-state index contributed by atoms with van der Waals surface area (Å²) in [4.78, 5) is 11.2. The molecule has 1 rings (SSSR count). The fourth-order valence-corrected chi connectivity index (χ4v) is 1.97. The van der Waals surface area contributed by atoms with Crippen molar-refractivity contribution in [3.63, 3.8) is 0 Å². The maximum Gasteiger partial charge on any atom is 0.232 e. The van der Waals surface area contributed by atoms with Gasteiger partial charge in [-0.2, -0.15) is 0 Å². The minimum atomic E-state index is -1.22. The van der Waals surface area contributed by atoms with E-state index in [1.807, 2.05) is 0 Å². The van der Waals surface area contributed by atoms with E-state index in [0.29, 0.717) is 12.3 Å². The second-order valence-electron chi connectivity index (χ2n) is 2.90. The van der Waals surface area contributed by atoms with Gasteiger partial charge in [-0.3, -0.25) is 9.00 Å². The Bertz CT molecular complexity index is 346. The van der Waals surface area contributed by atoms with Gasteiger partial charge in [0.25, 0.3) is 0 Å². The molecule has 0 aromatic carbocycles. The third-order valence-corrected chi connectivity index (χ3v) is 2.81. The second kappa shape index (κ2) is 6.19. The molecule has 0 aliphatic rings. The van der Waals surface area contributed by atoms with Crippen LogP contribution in [-0.2, 0) is 21.3 Å². The maximum atomic E-state index is 11.4. The summed E-state index contributed by atoms with van der Waals surface area (Å²) in [5.74, 6) is 0.660. The van der Waals surface area contributed by atoms with E-state index in [9.17, 15) is 9.00 Å². The minimum absolute atomic E-state index is 0.00542. The topological polar surface area (TPSA) is 59.3 Å². The van der Waals surface area contributed by atoms with E-state index >= 15 is 0 Å². The van der Waals surface area contributed by atoms with Gasteiger partial charge in [0.2, 0.25) is 5.91 Å². The van der Waals surface area contributed by atoms with Crippen LogP contribution in [0.15, 0.2) is 35.5 Å². The molecule has 82 valence electrons. The van der Waals surface area contributed by atoms with Crippen molar-refractivity contribution in [2.45, 2.75) is 5.75 Å². The fourth-order valence-electron chi connectivity index (χ4n) is 0.988. The molecule has 0 fully saturated rings. The van der Waals surface area contributed by atoms with E-state index in [2.05, 4.69) is 11.9 Å². The molecule has 0 aliphatic carbocycles. The summed E-state index contributed by atoms with van der Waals surface area (Å²) in [7, 11) is -1.22. The normalized spacial score (nSPS) is 12.0. The summed E-state index contributed by atoms with van der Waals surface area (Å²) in [5.41, 5.74) is 0. The number of hydrogen-bond acceptors (Lipinski definition) is 3. The van der Waals surface area contributed by atoms with Crippen LogP contribution in [0.1, 0.15) is 5.76 Å². The smallest absolute Gasteiger partial charge is 0.232 e. The minimum Gasteiger partial charge on any atom is -0.468 e. The van der Waals surface area contributed by atoms with Crippen molar-refractivity contribution in [3.8, 4) is 0 Å². The number of amides is 1. The monoisotopic (exact) mass is 227 g/mol. The summed E-state index contributed by atoms with van der Waals surface area (Å²) in [6.45, 7) is 3.87. The predicted molar refractivity (Wildman–Crippen MR) is 58.6 cm³/mol. The van der Waals surface area contributed by atoms with Crippen molar-refractivity contribution in [1.29, 1.82) is 0 Å². The zero-order valence-corrected chi connectivity index (χ0v) is 9.09. The molecule has 4 nitrogen and oxygen atoms in total. The Hall–Kier alpha value is -1.36. The van der Waals surface area contributed by atoms with Gasteiger partial charge in [0, 0.05) is 17.3 Å². The first-order valence-corrected chi connectivity index (χ1v) is 5.96. The van der Waals surface area contributed by atoms with Gasteiger partial charge in [0.05, 0.1) is 12.0 Å². The van der Waals surface area contributed by atoms with E-state index in [0.717, 1.165) is 0 Å². The lowest BCUT2D eigenvalue weighted by Crippen LogP contribution is -2.28. The van der Waals surface area contributed by atoms with Gasteiger partial charge in [0.1, 0.15) is 11.5 Å². The summed E-state index contributed by atoms with van der Waals surface area (Å²) in [6.07, 6.45) is 3.09. The van der Waals surface area contributed by atoms with Crippen LogP contribution in [0.2, 0.25) is 0 Å². The molecule has 0 radical (unpaired) electrons. The van der Waals surface area contributed by atoms with Gasteiger partial charge in [-0.15, -0.1) is 6.58 Å². The van der Waals surface area contributed by atoms with Crippen LogP contribution in [0.4, 0.5) is 0 Å². The van der Waals surface area contributed by atoms with Crippen LogP contribution in [0.5, 0.6) is 0 Å². The Balaban J connectivity index is 2.29. The van der Waals surface area contributed by atoms with Crippen LogP contribution in [0.25, 0.3) is 0 Å². The molecular formula is C10H13NO3S. The van der Waals surface area contributed by atoms with Crippen LogP contribution in [0.3, 0.4) is 0 Å². The number of furan rings is 1. The lowest BCUT2D eigenvalue weighted by Gasteiger charge is -2.01. The summed E-state index contributed by atoms with van der Waals surface area (Å²) >= 11 is 0. The number of carbonyl (C=O) groups excluding carboxylic acids is 1. The van der Waals surface area contributed by atoms with Crippen molar-refractivity contribution >= 4 is 16.7 Å². The standard InChI is InChI=1S/C10H13NO3S/c1-2-5-11-10(12)8-15(13)7-9-4-3-6-14-9/h2-4,6H,1,5,7-8H2,(H,11,12). The van der Waals surface area contributed by atoms with E-state index in [4.69, 9.17) is 4.42 Å². The molecular weight excluding hydrogens is 214 g/mol. The molecule has 5 heteroatoms. The molecule has 0 saturated heterocycles. The van der Waals surface area contributed by atoms with Gasteiger partial charge in [0.15, 0.2) is 0 Å². The van der Waals surface area contributed by atoms with E-state index in [1.54, 1.807) is 18.2 Å². The van der Waals surface area contributed by atoms with Crippen LogP contribution in [-0.4, -0.2) is 22.4 Å². The van der Waals surface area contributed by atoms with Gasteiger partial charge in [-0.25, -0.2) is 0 Å². The Kier molecular flexibility index (Phi) is 4.83. The van der Waals surface area contributed by atoms with Crippen LogP contribution < -0.4 is 5.32 Å². The molecule has 1 heterocycles. The van der Waals surface area contributed by atoms with E-state index < -0.39 is 10.8 Å². The van der Waals surface area contributed by atoms with Gasteiger partial charge >= 0.3 is 0 Å². The van der Waals surface area contributed by atoms with Crippen molar-refractivity contribution < 1.29 is 13.4 Å². The second-order valence-corrected chi connectivity index (χ2v) is 4.36. The molecule has 1 aromatic rings. The lowest BCUT2D eigenvalue weighted by atomic mass is 10.5. The predicted octanol–water partition coefficient (Wildman–Crippen LogP) is 0.830. The highest BCUT2D eigenvalue weighted by molar-refractivity contribution is 7.84. The average Bonchev–Trinajstić information content (AvgIpc) is 2.67. The third-order valence-electron chi connectivity index (χ3n) is 1.62. The highest BCUT2D eigenvalue weighted by atomic mass is 32.2. The molecule has 1 unspecified atom stereocenters. The third kappa shape index (κ3) is 4.60. The van der Waals surface area contributed by atoms with Crippen molar-refractivity contribution in [1.82, 2.24) is 5.32 Å². The van der Waals surface area contributed by atoms with Crippen LogP contribution in [0, 0.1) is 0 Å². The summed E-state index contributed by atoms with van der Waals surface area (Å²) < 4.78 is 16.5. The Morgan fingerprint density at radius 3 is 3.07 bits per heavy atom. The average molecular weight is 227 g/mol. The molecule has 15 heavy (non-hydrogen) atoms. The maximum absolute atomic E-state index is 11.4. The van der Waals surface area contributed by atoms with Crippen molar-refractivity contribution in [2.75, 3.05) is 12.3 Å².